The molecule has 10 atom stereocenters. The van der Waals surface area contributed by atoms with Crippen LogP contribution in [0.4, 0.5) is 0 Å². The van der Waals surface area contributed by atoms with E-state index < -0.39 is 53.5 Å². The molecule has 0 N–H and O–H groups in total. The predicted molar refractivity (Wildman–Crippen MR) is 235 cm³/mol. The lowest BCUT2D eigenvalue weighted by molar-refractivity contribution is -0.231. The summed E-state index contributed by atoms with van der Waals surface area (Å²) in [6, 6.07) is 0. The Balaban J connectivity index is 0.000000147. The van der Waals surface area contributed by atoms with Crippen LogP contribution in [-0.2, 0) is 71.5 Å². The molecule has 6 saturated carbocycles. The summed E-state index contributed by atoms with van der Waals surface area (Å²) in [6.45, 7) is 21.2. The normalized spacial score (nSPS) is 37.2. The van der Waals surface area contributed by atoms with E-state index in [1.807, 2.05) is 27.7 Å². The van der Waals surface area contributed by atoms with E-state index in [4.69, 9.17) is 37.9 Å². The molecular weight excluding hydrogens is 853 g/mol. The van der Waals surface area contributed by atoms with Gasteiger partial charge in [-0.2, -0.15) is 0 Å². The van der Waals surface area contributed by atoms with Crippen LogP contribution in [0.15, 0.2) is 0 Å². The van der Waals surface area contributed by atoms with Crippen molar-refractivity contribution in [2.45, 2.75) is 183 Å². The third-order valence-electron chi connectivity index (χ3n) is 17.7. The second-order valence-electron chi connectivity index (χ2n) is 23.1. The standard InChI is InChI=1S/C19H32O2.C17H24O6.C15H20O7/c1-6-18(4,5)17(20)21-19(12(2)3)15-8-13-7-14(10-15)11-16(19)9-13;1-4-17(2,3)16(20)22-8-13(18)23-12-6-9-5-10(12)14-11(9)7-21-15(14)19;1-4-15(2,3)14(18)19-6-9(16)21-11-8-5-7-10(20-8)12(11)22-13(7)17/h12-16H,6-11H2,1-5H3;9-12,14H,4-8H2,1-3H3;7-8,10-12H,4-6H2,1-3H3. The predicted octanol–water partition coefficient (Wildman–Crippen LogP) is 7.11. The van der Waals surface area contributed by atoms with Crippen molar-refractivity contribution in [2.24, 2.45) is 75.4 Å². The zero-order valence-corrected chi connectivity index (χ0v) is 41.2. The Morgan fingerprint density at radius 2 is 1.18 bits per heavy atom. The summed E-state index contributed by atoms with van der Waals surface area (Å²) in [5.41, 5.74) is -1.76. The molecule has 0 aromatic carbocycles. The molecule has 0 aromatic rings. The van der Waals surface area contributed by atoms with E-state index >= 15 is 0 Å². The monoisotopic (exact) mass is 929 g/mol. The van der Waals surface area contributed by atoms with Gasteiger partial charge in [0.15, 0.2) is 25.4 Å². The Labute approximate surface area is 390 Å². The van der Waals surface area contributed by atoms with Crippen molar-refractivity contribution < 1.29 is 71.5 Å². The molecule has 10 fully saturated rings. The van der Waals surface area contributed by atoms with Gasteiger partial charge in [0.2, 0.25) is 0 Å². The minimum Gasteiger partial charge on any atom is -0.465 e. The smallest absolute Gasteiger partial charge is 0.344 e. The van der Waals surface area contributed by atoms with Crippen molar-refractivity contribution in [3.8, 4) is 0 Å². The van der Waals surface area contributed by atoms with E-state index in [9.17, 15) is 33.6 Å². The van der Waals surface area contributed by atoms with Gasteiger partial charge in [-0.05, 0) is 148 Å². The number of ether oxygens (including phenoxy) is 8. The fourth-order valence-corrected chi connectivity index (χ4v) is 12.7. The first kappa shape index (κ1) is 50.1. The van der Waals surface area contributed by atoms with Gasteiger partial charge in [-0.3, -0.25) is 24.0 Å². The molecule has 8 bridgehead atoms. The van der Waals surface area contributed by atoms with Gasteiger partial charge >= 0.3 is 41.8 Å². The van der Waals surface area contributed by atoms with Gasteiger partial charge in [-0.25, -0.2) is 9.59 Å². The lowest BCUT2D eigenvalue weighted by Crippen LogP contribution is -2.63. The number of hydrogen-bond donors (Lipinski definition) is 0. The molecule has 10 rings (SSSR count). The van der Waals surface area contributed by atoms with Crippen LogP contribution in [0.2, 0.25) is 0 Å². The molecule has 66 heavy (non-hydrogen) atoms. The molecule has 0 spiro atoms. The maximum Gasteiger partial charge on any atom is 0.344 e. The van der Waals surface area contributed by atoms with Crippen molar-refractivity contribution in [2.75, 3.05) is 19.8 Å². The van der Waals surface area contributed by atoms with Crippen LogP contribution >= 0.6 is 0 Å². The number of cyclic esters (lactones) is 1. The summed E-state index contributed by atoms with van der Waals surface area (Å²) in [7, 11) is 0. The van der Waals surface area contributed by atoms with Crippen LogP contribution in [0.1, 0.15) is 147 Å². The SMILES string of the molecule is CCC(C)(C)C(=O)OC1(C(C)C)C2CC3CC(C2)CC1C3.CCC(C)(C)C(=O)OCC(=O)OC1C2CC3C(=O)OC1C3O2.CCC(C)(C)C(=O)OCC(=O)OC1CC2CC1C1C(=O)OCC21. The largest absolute Gasteiger partial charge is 0.465 e. The summed E-state index contributed by atoms with van der Waals surface area (Å²) in [5, 5.41) is 0. The minimum atomic E-state index is -0.652. The summed E-state index contributed by atoms with van der Waals surface area (Å²) in [6.07, 6.45) is 8.95. The van der Waals surface area contributed by atoms with Gasteiger partial charge in [0.25, 0.3) is 0 Å². The Morgan fingerprint density at radius 1 is 0.652 bits per heavy atom. The molecule has 6 aliphatic carbocycles. The fraction of sp³-hybridized carbons (Fsp3) is 0.863. The third-order valence-corrected chi connectivity index (χ3v) is 17.7. The third kappa shape index (κ3) is 9.50. The highest BCUT2D eigenvalue weighted by Crippen LogP contribution is 2.62. The topological polar surface area (TPSA) is 193 Å². The number of fused-ring (bicyclic) bond motifs is 6. The van der Waals surface area contributed by atoms with Crippen LogP contribution in [0.3, 0.4) is 0 Å². The second kappa shape index (κ2) is 19.0. The summed E-state index contributed by atoms with van der Waals surface area (Å²) in [5.74, 6) is 1.47. The van der Waals surface area contributed by atoms with Crippen LogP contribution in [-0.4, -0.2) is 97.7 Å². The molecule has 10 unspecified atom stereocenters. The fourth-order valence-electron chi connectivity index (χ4n) is 12.7. The van der Waals surface area contributed by atoms with Crippen LogP contribution < -0.4 is 0 Å². The molecule has 0 aromatic heterocycles. The second-order valence-corrected chi connectivity index (χ2v) is 23.1. The van der Waals surface area contributed by atoms with Gasteiger partial charge in [0, 0.05) is 11.8 Å². The lowest BCUT2D eigenvalue weighted by atomic mass is 9.47. The summed E-state index contributed by atoms with van der Waals surface area (Å²) in [4.78, 5) is 83.6. The molecule has 15 nitrogen and oxygen atoms in total. The number of rotatable bonds is 14. The highest BCUT2D eigenvalue weighted by Gasteiger charge is 2.65. The maximum atomic E-state index is 12.8. The molecule has 4 aliphatic heterocycles. The van der Waals surface area contributed by atoms with Crippen LogP contribution in [0, 0.1) is 75.4 Å². The number of esters is 7. The van der Waals surface area contributed by atoms with Crippen LogP contribution in [0.5, 0.6) is 0 Å². The first-order valence-electron chi connectivity index (χ1n) is 25.0. The lowest BCUT2D eigenvalue weighted by Gasteiger charge is -2.62. The van der Waals surface area contributed by atoms with Crippen LogP contribution in [0.25, 0.3) is 0 Å². The molecule has 4 heterocycles. The zero-order valence-electron chi connectivity index (χ0n) is 41.2. The summed E-state index contributed by atoms with van der Waals surface area (Å²) < 4.78 is 43.2. The van der Waals surface area contributed by atoms with Gasteiger partial charge in [0.1, 0.15) is 17.8 Å². The summed E-state index contributed by atoms with van der Waals surface area (Å²) >= 11 is 0. The number of carbonyl (C=O) groups excluding carboxylic acids is 7. The molecule has 0 radical (unpaired) electrons. The number of carbonyl (C=O) groups is 7. The van der Waals surface area contributed by atoms with Gasteiger partial charge in [-0.1, -0.05) is 34.6 Å². The maximum absolute atomic E-state index is 12.8. The Kier molecular flexibility index (Phi) is 14.4. The van der Waals surface area contributed by atoms with Gasteiger partial charge < -0.3 is 37.9 Å². The Bertz CT molecular complexity index is 1850. The van der Waals surface area contributed by atoms with Gasteiger partial charge in [-0.15, -0.1) is 0 Å². The van der Waals surface area contributed by atoms with E-state index in [2.05, 4.69) is 20.8 Å². The molecule has 0 amide bonds. The van der Waals surface area contributed by atoms with Crippen molar-refractivity contribution in [1.29, 1.82) is 0 Å². The molecule has 15 heteroatoms. The van der Waals surface area contributed by atoms with E-state index in [0.29, 0.717) is 55.5 Å². The molecule has 4 saturated heterocycles. The molecule has 370 valence electrons. The Hall–Kier alpha value is -3.75. The van der Waals surface area contributed by atoms with E-state index in [0.717, 1.165) is 31.1 Å². The average molecular weight is 929 g/mol. The van der Waals surface area contributed by atoms with Crippen molar-refractivity contribution >= 4 is 41.8 Å². The highest BCUT2D eigenvalue weighted by molar-refractivity contribution is 5.81. The molecular formula is C51H76O15. The Morgan fingerprint density at radius 3 is 1.71 bits per heavy atom. The number of hydrogen-bond acceptors (Lipinski definition) is 15. The van der Waals surface area contributed by atoms with Crippen molar-refractivity contribution in [3.05, 3.63) is 0 Å². The van der Waals surface area contributed by atoms with E-state index in [1.165, 1.54) is 32.1 Å². The first-order valence-corrected chi connectivity index (χ1v) is 25.0. The van der Waals surface area contributed by atoms with E-state index in [-0.39, 0.29) is 71.6 Å². The zero-order chi connectivity index (χ0) is 48.3. The van der Waals surface area contributed by atoms with Gasteiger partial charge in [0.05, 0.1) is 40.8 Å². The first-order chi connectivity index (χ1) is 31.0. The minimum absolute atomic E-state index is 0.0335. The quantitative estimate of drug-likeness (QED) is 0.126. The highest BCUT2D eigenvalue weighted by atomic mass is 16.7. The average Bonchev–Trinajstić information content (AvgIpc) is 4.13. The van der Waals surface area contributed by atoms with Crippen molar-refractivity contribution in [3.63, 3.8) is 0 Å². The van der Waals surface area contributed by atoms with Crippen molar-refractivity contribution in [1.82, 2.24) is 0 Å². The van der Waals surface area contributed by atoms with E-state index in [1.54, 1.807) is 27.7 Å². The molecule has 10 aliphatic rings.